The molecule has 3 rings (SSSR count). The van der Waals surface area contributed by atoms with Gasteiger partial charge in [0.2, 0.25) is 15.2 Å². The van der Waals surface area contributed by atoms with E-state index in [4.69, 9.17) is 16.3 Å². The first-order valence-electron chi connectivity index (χ1n) is 7.29. The van der Waals surface area contributed by atoms with Gasteiger partial charge in [0.15, 0.2) is 0 Å². The van der Waals surface area contributed by atoms with Crippen molar-refractivity contribution in [1.82, 2.24) is 10.2 Å². The van der Waals surface area contributed by atoms with Crippen LogP contribution in [0.15, 0.2) is 42.5 Å². The van der Waals surface area contributed by atoms with E-state index in [1.54, 1.807) is 31.4 Å². The highest BCUT2D eigenvalue weighted by atomic mass is 35.5. The third-order valence-corrected chi connectivity index (χ3v) is 5.94. The summed E-state index contributed by atoms with van der Waals surface area (Å²) in [5.41, 5.74) is 0.674. The zero-order valence-electron chi connectivity index (χ0n) is 13.4. The van der Waals surface area contributed by atoms with Crippen molar-refractivity contribution >= 4 is 38.1 Å². The number of benzene rings is 2. The first-order chi connectivity index (χ1) is 12.4. The van der Waals surface area contributed by atoms with Crippen LogP contribution in [0.25, 0.3) is 10.6 Å². The van der Waals surface area contributed by atoms with E-state index in [-0.39, 0.29) is 15.7 Å². The maximum Gasteiger partial charge on any atom is 0.238 e. The Labute approximate surface area is 158 Å². The van der Waals surface area contributed by atoms with Crippen molar-refractivity contribution < 1.29 is 17.5 Å². The number of methoxy groups -OCH3 is 1. The van der Waals surface area contributed by atoms with Crippen LogP contribution >= 0.6 is 22.9 Å². The average Bonchev–Trinajstić information content (AvgIpc) is 3.06. The number of hydrogen-bond donors (Lipinski definition) is 1. The maximum atomic E-state index is 13.8. The van der Waals surface area contributed by atoms with E-state index < -0.39 is 21.6 Å². The van der Waals surface area contributed by atoms with Crippen LogP contribution in [0.2, 0.25) is 5.02 Å². The van der Waals surface area contributed by atoms with Crippen molar-refractivity contribution in [2.75, 3.05) is 11.8 Å². The third-order valence-electron chi connectivity index (χ3n) is 3.40. The van der Waals surface area contributed by atoms with Crippen molar-refractivity contribution in [3.63, 3.8) is 0 Å². The average molecular weight is 414 g/mol. The van der Waals surface area contributed by atoms with Crippen molar-refractivity contribution in [1.29, 1.82) is 0 Å². The molecule has 0 aliphatic heterocycles. The maximum absolute atomic E-state index is 13.8. The van der Waals surface area contributed by atoms with Crippen LogP contribution in [0.3, 0.4) is 0 Å². The van der Waals surface area contributed by atoms with E-state index in [0.29, 0.717) is 10.8 Å². The molecule has 10 heteroatoms. The van der Waals surface area contributed by atoms with Gasteiger partial charge in [-0.15, -0.1) is 10.2 Å². The minimum absolute atomic E-state index is 0.0477. The van der Waals surface area contributed by atoms with Gasteiger partial charge >= 0.3 is 0 Å². The Bertz CT molecular complexity index is 1000. The fourth-order valence-corrected chi connectivity index (χ4v) is 4.65. The van der Waals surface area contributed by atoms with Crippen LogP contribution in [0.5, 0.6) is 5.75 Å². The molecular formula is C16H13ClFN3O3S2. The molecule has 0 atom stereocenters. The molecule has 0 radical (unpaired) electrons. The van der Waals surface area contributed by atoms with Gasteiger partial charge in [0.25, 0.3) is 0 Å². The standard InChI is InChI=1S/C16H13ClFN3O3S2/c1-24-11-7-5-10(6-8-11)15-19-20-16(25-15)21-26(22,23)9-12-13(17)3-2-4-14(12)18/h2-8H,9H2,1H3,(H,20,21). The molecule has 0 saturated heterocycles. The Hall–Kier alpha value is -2.23. The number of nitrogens with zero attached hydrogens (tertiary/aromatic N) is 2. The molecule has 1 aromatic heterocycles. The SMILES string of the molecule is COc1ccc(-c2nnc(NS(=O)(=O)Cc3c(F)cccc3Cl)s2)cc1. The molecule has 1 N–H and O–H groups in total. The van der Waals surface area contributed by atoms with Crippen molar-refractivity contribution in [3.05, 3.63) is 58.9 Å². The summed E-state index contributed by atoms with van der Waals surface area (Å²) < 4.78 is 45.8. The lowest BCUT2D eigenvalue weighted by atomic mass is 10.2. The number of halogens is 2. The quantitative estimate of drug-likeness (QED) is 0.661. The number of sulfonamides is 1. The molecule has 0 saturated carbocycles. The number of anilines is 1. The molecular weight excluding hydrogens is 401 g/mol. The second-order valence-electron chi connectivity index (χ2n) is 5.20. The predicted octanol–water partition coefficient (Wildman–Crippen LogP) is 3.95. The summed E-state index contributed by atoms with van der Waals surface area (Å²) >= 11 is 6.94. The molecule has 136 valence electrons. The molecule has 0 bridgehead atoms. The van der Waals surface area contributed by atoms with Gasteiger partial charge in [-0.2, -0.15) is 0 Å². The Kier molecular flexibility index (Phi) is 5.40. The lowest BCUT2D eigenvalue weighted by Crippen LogP contribution is -2.16. The molecule has 0 aliphatic carbocycles. The van der Waals surface area contributed by atoms with E-state index in [9.17, 15) is 12.8 Å². The highest BCUT2D eigenvalue weighted by Gasteiger charge is 2.19. The summed E-state index contributed by atoms with van der Waals surface area (Å²) in [6.07, 6.45) is 0. The van der Waals surface area contributed by atoms with Gasteiger partial charge in [0.05, 0.1) is 12.9 Å². The van der Waals surface area contributed by atoms with E-state index >= 15 is 0 Å². The molecule has 2 aromatic carbocycles. The highest BCUT2D eigenvalue weighted by molar-refractivity contribution is 7.92. The number of aromatic nitrogens is 2. The molecule has 0 spiro atoms. The zero-order chi connectivity index (χ0) is 18.7. The smallest absolute Gasteiger partial charge is 0.238 e. The molecule has 0 aliphatic rings. The van der Waals surface area contributed by atoms with Gasteiger partial charge in [-0.3, -0.25) is 4.72 Å². The highest BCUT2D eigenvalue weighted by Crippen LogP contribution is 2.29. The summed E-state index contributed by atoms with van der Waals surface area (Å²) in [7, 11) is -2.33. The van der Waals surface area contributed by atoms with Crippen LogP contribution in [0, 0.1) is 5.82 Å². The summed E-state index contributed by atoms with van der Waals surface area (Å²) in [6.45, 7) is 0. The van der Waals surface area contributed by atoms with Crippen molar-refractivity contribution in [2.45, 2.75) is 5.75 Å². The van der Waals surface area contributed by atoms with Crippen LogP contribution in [0.1, 0.15) is 5.56 Å². The Morgan fingerprint density at radius 3 is 2.58 bits per heavy atom. The van der Waals surface area contributed by atoms with Crippen LogP contribution < -0.4 is 9.46 Å². The van der Waals surface area contributed by atoms with Gasteiger partial charge in [0.1, 0.15) is 16.6 Å². The van der Waals surface area contributed by atoms with E-state index in [2.05, 4.69) is 14.9 Å². The summed E-state index contributed by atoms with van der Waals surface area (Å²) in [4.78, 5) is 0. The van der Waals surface area contributed by atoms with E-state index in [1.807, 2.05) is 0 Å². The second-order valence-corrected chi connectivity index (χ2v) is 8.31. The molecule has 1 heterocycles. The molecule has 0 fully saturated rings. The Balaban J connectivity index is 1.77. The summed E-state index contributed by atoms with van der Waals surface area (Å²) in [5.74, 6) is -0.587. The minimum atomic E-state index is -3.90. The number of hydrogen-bond acceptors (Lipinski definition) is 6. The lowest BCUT2D eigenvalue weighted by Gasteiger charge is -2.07. The second kappa shape index (κ2) is 7.56. The van der Waals surface area contributed by atoms with Crippen LogP contribution in [-0.4, -0.2) is 25.7 Å². The Morgan fingerprint density at radius 1 is 1.19 bits per heavy atom. The number of nitrogens with one attached hydrogen (secondary N) is 1. The van der Waals surface area contributed by atoms with Gasteiger partial charge < -0.3 is 4.74 Å². The molecule has 0 unspecified atom stereocenters. The van der Waals surface area contributed by atoms with Gasteiger partial charge in [-0.1, -0.05) is 29.0 Å². The molecule has 6 nitrogen and oxygen atoms in total. The van der Waals surface area contributed by atoms with Crippen LogP contribution in [0.4, 0.5) is 9.52 Å². The first kappa shape index (κ1) is 18.6. The third kappa shape index (κ3) is 4.29. The van der Waals surface area contributed by atoms with Gasteiger partial charge in [-0.05, 0) is 36.4 Å². The molecule has 26 heavy (non-hydrogen) atoms. The predicted molar refractivity (Wildman–Crippen MR) is 99.6 cm³/mol. The van der Waals surface area contributed by atoms with Crippen LogP contribution in [-0.2, 0) is 15.8 Å². The molecule has 3 aromatic rings. The normalized spacial score (nSPS) is 11.3. The van der Waals surface area contributed by atoms with Crippen molar-refractivity contribution in [3.8, 4) is 16.3 Å². The van der Waals surface area contributed by atoms with Gasteiger partial charge in [0, 0.05) is 16.1 Å². The Morgan fingerprint density at radius 2 is 1.92 bits per heavy atom. The topological polar surface area (TPSA) is 81.2 Å². The van der Waals surface area contributed by atoms with E-state index in [0.717, 1.165) is 23.0 Å². The summed E-state index contributed by atoms with van der Waals surface area (Å²) in [6, 6.07) is 11.1. The monoisotopic (exact) mass is 413 g/mol. The minimum Gasteiger partial charge on any atom is -0.497 e. The zero-order valence-corrected chi connectivity index (χ0v) is 15.8. The van der Waals surface area contributed by atoms with Gasteiger partial charge in [-0.25, -0.2) is 12.8 Å². The lowest BCUT2D eigenvalue weighted by molar-refractivity contribution is 0.415. The largest absolute Gasteiger partial charge is 0.497 e. The first-order valence-corrected chi connectivity index (χ1v) is 10.1. The van der Waals surface area contributed by atoms with E-state index in [1.165, 1.54) is 12.1 Å². The fraction of sp³-hybridized carbons (Fsp3) is 0.125. The molecule has 0 amide bonds. The van der Waals surface area contributed by atoms with Crippen molar-refractivity contribution in [2.24, 2.45) is 0 Å². The fourth-order valence-electron chi connectivity index (χ4n) is 2.14. The number of rotatable bonds is 6. The summed E-state index contributed by atoms with van der Waals surface area (Å²) in [5, 5.41) is 8.47. The number of ether oxygens (including phenoxy) is 1.